The van der Waals surface area contributed by atoms with Crippen LogP contribution >= 0.6 is 0 Å². The molecule has 1 rings (SSSR count). The topological polar surface area (TPSA) is 130 Å². The molecule has 10 heteroatoms. The maximum Gasteiger partial charge on any atom is 0.305 e. The van der Waals surface area contributed by atoms with Gasteiger partial charge in [-0.05, 0) is 0 Å². The minimum atomic E-state index is -1.20. The van der Waals surface area contributed by atoms with Gasteiger partial charge >= 0.3 is 11.9 Å². The molecule has 2 unspecified atom stereocenters. The molecular formula is C13H21NO9. The van der Waals surface area contributed by atoms with E-state index in [1.165, 1.54) is 20.8 Å². The molecule has 1 aliphatic heterocycles. The van der Waals surface area contributed by atoms with Gasteiger partial charge in [0.1, 0.15) is 24.9 Å². The number of nitrogens with one attached hydrogen (secondary N) is 1. The molecule has 0 radical (unpaired) electrons. The Labute approximate surface area is 132 Å². The largest absolute Gasteiger partial charge is 0.463 e. The number of ether oxygens (including phenoxy) is 3. The van der Waals surface area contributed by atoms with Gasteiger partial charge in [-0.1, -0.05) is 12.0 Å². The summed E-state index contributed by atoms with van der Waals surface area (Å²) in [5.41, 5.74) is 0. The van der Waals surface area contributed by atoms with Crippen LogP contribution in [-0.4, -0.2) is 54.2 Å². The fraction of sp³-hybridized carbons (Fsp3) is 0.769. The van der Waals surface area contributed by atoms with Crippen LogP contribution in [0.15, 0.2) is 0 Å². The van der Waals surface area contributed by atoms with Gasteiger partial charge in [-0.3, -0.25) is 14.4 Å². The van der Waals surface area contributed by atoms with E-state index < -0.39 is 48.3 Å². The quantitative estimate of drug-likeness (QED) is 0.384. The summed E-state index contributed by atoms with van der Waals surface area (Å²) in [7, 11) is 0. The van der Waals surface area contributed by atoms with Crippen molar-refractivity contribution in [2.45, 2.75) is 52.2 Å². The predicted octanol–water partition coefficient (Wildman–Crippen LogP) is -0.232. The molecule has 1 heterocycles. The Bertz CT molecular complexity index is 441. The van der Waals surface area contributed by atoms with Crippen LogP contribution in [0, 0.1) is 5.92 Å². The first kappa shape index (κ1) is 19.3. The predicted molar refractivity (Wildman–Crippen MR) is 72.4 cm³/mol. The zero-order valence-electron chi connectivity index (χ0n) is 13.3. The van der Waals surface area contributed by atoms with Crippen molar-refractivity contribution in [1.29, 1.82) is 0 Å². The number of hydrogen-bond donors (Lipinski definition) is 2. The number of hydrogen-bond acceptors (Lipinski definition) is 9. The molecule has 0 spiro atoms. The number of carbonyl (C=O) groups excluding carboxylic acids is 3. The van der Waals surface area contributed by atoms with Gasteiger partial charge in [0.05, 0.1) is 0 Å². The van der Waals surface area contributed by atoms with E-state index in [0.717, 1.165) is 0 Å². The molecule has 0 aromatic rings. The summed E-state index contributed by atoms with van der Waals surface area (Å²) in [5.74, 6) is -2.04. The normalized spacial score (nSPS) is 30.4. The molecule has 2 N–H and O–H groups in total. The molecule has 1 amide bonds. The molecule has 0 saturated carbocycles. The molecule has 5 atom stereocenters. The van der Waals surface area contributed by atoms with Gasteiger partial charge in [0.2, 0.25) is 12.2 Å². The first-order valence-electron chi connectivity index (χ1n) is 6.96. The van der Waals surface area contributed by atoms with Crippen molar-refractivity contribution in [1.82, 2.24) is 5.32 Å². The van der Waals surface area contributed by atoms with Crippen LogP contribution in [0.4, 0.5) is 0 Å². The van der Waals surface area contributed by atoms with Crippen molar-refractivity contribution in [3.8, 4) is 0 Å². The van der Waals surface area contributed by atoms with E-state index in [9.17, 15) is 14.4 Å². The smallest absolute Gasteiger partial charge is 0.305 e. The lowest BCUT2D eigenvalue weighted by Gasteiger charge is -2.43. The summed E-state index contributed by atoms with van der Waals surface area (Å²) < 4.78 is 15.5. The van der Waals surface area contributed by atoms with Gasteiger partial charge in [-0.2, -0.15) is 0 Å². The van der Waals surface area contributed by atoms with Crippen molar-refractivity contribution in [2.75, 3.05) is 6.61 Å². The molecule has 1 fully saturated rings. The highest BCUT2D eigenvalue weighted by Crippen LogP contribution is 2.29. The molecule has 1 saturated heterocycles. The van der Waals surface area contributed by atoms with Crippen LogP contribution in [0.3, 0.4) is 0 Å². The first-order chi connectivity index (χ1) is 10.8. The van der Waals surface area contributed by atoms with E-state index in [2.05, 4.69) is 10.4 Å². The fourth-order valence-electron chi connectivity index (χ4n) is 2.31. The lowest BCUT2D eigenvalue weighted by atomic mass is 9.89. The molecule has 0 aliphatic carbocycles. The Kier molecular flexibility index (Phi) is 7.36. The van der Waals surface area contributed by atoms with Gasteiger partial charge in [-0.15, -0.1) is 0 Å². The van der Waals surface area contributed by atoms with Gasteiger partial charge in [0.25, 0.3) is 0 Å². The van der Waals surface area contributed by atoms with Crippen molar-refractivity contribution >= 4 is 17.8 Å². The zero-order chi connectivity index (χ0) is 17.6. The van der Waals surface area contributed by atoms with Gasteiger partial charge < -0.3 is 19.5 Å². The van der Waals surface area contributed by atoms with E-state index in [1.54, 1.807) is 6.92 Å². The van der Waals surface area contributed by atoms with Crippen LogP contribution < -0.4 is 5.32 Å². The Hall–Kier alpha value is -1.75. The summed E-state index contributed by atoms with van der Waals surface area (Å²) >= 11 is 0. The average Bonchev–Trinajstić information content (AvgIpc) is 2.43. The molecule has 0 aromatic carbocycles. The van der Waals surface area contributed by atoms with E-state index in [1.807, 2.05) is 0 Å². The number of carbonyl (C=O) groups is 3. The monoisotopic (exact) mass is 335 g/mol. The molecular weight excluding hydrogens is 314 g/mol. The molecule has 1 aliphatic rings. The van der Waals surface area contributed by atoms with Gasteiger partial charge in [0.15, 0.2) is 0 Å². The Balaban J connectivity index is 2.98. The lowest BCUT2D eigenvalue weighted by molar-refractivity contribution is -0.519. The Morgan fingerprint density at radius 3 is 2.30 bits per heavy atom. The average molecular weight is 335 g/mol. The summed E-state index contributed by atoms with van der Waals surface area (Å²) in [4.78, 5) is 38.3. The molecule has 132 valence electrons. The lowest BCUT2D eigenvalue weighted by Crippen LogP contribution is -2.62. The van der Waals surface area contributed by atoms with E-state index in [4.69, 9.17) is 24.4 Å². The van der Waals surface area contributed by atoms with E-state index in [-0.39, 0.29) is 6.61 Å². The number of rotatable bonds is 6. The second kappa shape index (κ2) is 8.77. The number of esters is 2. The zero-order valence-corrected chi connectivity index (χ0v) is 13.3. The standard InChI is InChI=1S/C13H21NO9/c1-6-10(5-19-8(3)16)21-13(20-9(4)17)11(14-7(2)15)12(6)22-23-18/h6,10-13,18H,5H2,1-4H3,(H,14,15)/t6-,10?,11?,12+,13+/m1/s1. The minimum Gasteiger partial charge on any atom is -0.463 e. The third-order valence-electron chi connectivity index (χ3n) is 3.32. The van der Waals surface area contributed by atoms with Crippen molar-refractivity contribution in [3.63, 3.8) is 0 Å². The SMILES string of the molecule is CC(=O)NC1[C@@H](OC(C)=O)OC(COC(C)=O)[C@@H](C)[C@@H]1OOO. The van der Waals surface area contributed by atoms with Crippen LogP contribution in [0.1, 0.15) is 27.7 Å². The first-order valence-corrected chi connectivity index (χ1v) is 6.96. The van der Waals surface area contributed by atoms with Crippen LogP contribution in [0.2, 0.25) is 0 Å². The van der Waals surface area contributed by atoms with Gasteiger partial charge in [0, 0.05) is 26.7 Å². The van der Waals surface area contributed by atoms with E-state index >= 15 is 0 Å². The van der Waals surface area contributed by atoms with Gasteiger partial charge in [-0.25, -0.2) is 10.1 Å². The second-order valence-electron chi connectivity index (χ2n) is 5.18. The van der Waals surface area contributed by atoms with Crippen LogP contribution in [-0.2, 0) is 38.5 Å². The van der Waals surface area contributed by atoms with Crippen molar-refractivity contribution in [3.05, 3.63) is 0 Å². The molecule has 10 nitrogen and oxygen atoms in total. The maximum atomic E-state index is 11.4. The Morgan fingerprint density at radius 1 is 1.17 bits per heavy atom. The maximum absolute atomic E-state index is 11.4. The fourth-order valence-corrected chi connectivity index (χ4v) is 2.31. The highest BCUT2D eigenvalue weighted by Gasteiger charge is 2.48. The third kappa shape index (κ3) is 5.75. The number of amides is 1. The summed E-state index contributed by atoms with van der Waals surface area (Å²) in [6.45, 7) is 5.23. The molecule has 0 bridgehead atoms. The van der Waals surface area contributed by atoms with E-state index in [0.29, 0.717) is 0 Å². The van der Waals surface area contributed by atoms with Crippen molar-refractivity contribution < 1.29 is 43.8 Å². The summed E-state index contributed by atoms with van der Waals surface area (Å²) in [6, 6.07) is -0.924. The van der Waals surface area contributed by atoms with Crippen LogP contribution in [0.25, 0.3) is 0 Å². The Morgan fingerprint density at radius 2 is 1.83 bits per heavy atom. The summed E-state index contributed by atoms with van der Waals surface area (Å²) in [5, 5.41) is 14.9. The molecule has 23 heavy (non-hydrogen) atoms. The highest BCUT2D eigenvalue weighted by atomic mass is 17.5. The molecule has 0 aromatic heterocycles. The minimum absolute atomic E-state index is 0.119. The third-order valence-corrected chi connectivity index (χ3v) is 3.32. The highest BCUT2D eigenvalue weighted by molar-refractivity contribution is 5.73. The van der Waals surface area contributed by atoms with Crippen molar-refractivity contribution in [2.24, 2.45) is 5.92 Å². The summed E-state index contributed by atoms with van der Waals surface area (Å²) in [6.07, 6.45) is -2.82. The second-order valence-corrected chi connectivity index (χ2v) is 5.18. The van der Waals surface area contributed by atoms with Crippen LogP contribution in [0.5, 0.6) is 0 Å².